The van der Waals surface area contributed by atoms with Crippen LogP contribution in [0.15, 0.2) is 60.8 Å². The van der Waals surface area contributed by atoms with E-state index in [0.29, 0.717) is 28.9 Å². The van der Waals surface area contributed by atoms with Crippen molar-refractivity contribution in [2.75, 3.05) is 12.3 Å². The minimum Gasteiger partial charge on any atom is -0.366 e. The number of aryl methyl sites for hydroxylation is 1. The summed E-state index contributed by atoms with van der Waals surface area (Å²) >= 11 is 0. The number of nitrogens with two attached hydrogens (primary N) is 1. The van der Waals surface area contributed by atoms with Gasteiger partial charge in [0.15, 0.2) is 5.65 Å². The largest absolute Gasteiger partial charge is 0.366 e. The number of rotatable bonds is 6. The first-order valence-corrected chi connectivity index (χ1v) is 10.5. The lowest BCUT2D eigenvalue weighted by Crippen LogP contribution is -2.31. The molecule has 0 unspecified atom stereocenters. The third kappa shape index (κ3) is 4.19. The molecule has 164 valence electrons. The van der Waals surface area contributed by atoms with Crippen molar-refractivity contribution >= 4 is 17.5 Å². The summed E-state index contributed by atoms with van der Waals surface area (Å²) in [5, 5.41) is 6.93. The van der Waals surface area contributed by atoms with E-state index >= 15 is 4.39 Å². The number of benzene rings is 2. The molecule has 0 aliphatic carbocycles. The van der Waals surface area contributed by atoms with Gasteiger partial charge >= 0.3 is 0 Å². The molecule has 7 heteroatoms. The van der Waals surface area contributed by atoms with Gasteiger partial charge in [-0.25, -0.2) is 8.91 Å². The Morgan fingerprint density at radius 3 is 2.66 bits per heavy atom. The molecule has 0 radical (unpaired) electrons. The van der Waals surface area contributed by atoms with Gasteiger partial charge in [-0.1, -0.05) is 56.3 Å². The van der Waals surface area contributed by atoms with Gasteiger partial charge in [-0.05, 0) is 47.6 Å². The fourth-order valence-electron chi connectivity index (χ4n) is 3.85. The number of nitrogens with one attached hydrogen (secondary N) is 1. The summed E-state index contributed by atoms with van der Waals surface area (Å²) < 4.78 is 17.0. The van der Waals surface area contributed by atoms with Crippen LogP contribution in [0.25, 0.3) is 16.8 Å². The van der Waals surface area contributed by atoms with Crippen LogP contribution < -0.4 is 11.1 Å². The van der Waals surface area contributed by atoms with Gasteiger partial charge in [-0.3, -0.25) is 4.79 Å². The summed E-state index contributed by atoms with van der Waals surface area (Å²) in [6.07, 6.45) is 2.40. The van der Waals surface area contributed by atoms with Crippen LogP contribution in [0.3, 0.4) is 0 Å². The molecular formula is C25H26FN5O. The van der Waals surface area contributed by atoms with Gasteiger partial charge < -0.3 is 11.1 Å². The first-order valence-electron chi connectivity index (χ1n) is 10.5. The number of aromatic nitrogens is 3. The number of nitrogens with zero attached hydrogens (tertiary/aromatic N) is 3. The molecule has 2 heterocycles. The van der Waals surface area contributed by atoms with Gasteiger partial charge in [0.25, 0.3) is 5.91 Å². The lowest BCUT2D eigenvalue weighted by atomic mass is 9.81. The molecule has 0 saturated carbocycles. The predicted octanol–water partition coefficient (Wildman–Crippen LogP) is 4.52. The molecule has 0 atom stereocenters. The number of carbonyl (C=O) groups excluding carboxylic acids is 1. The second-order valence-electron chi connectivity index (χ2n) is 8.56. The van der Waals surface area contributed by atoms with Crippen molar-refractivity contribution in [3.8, 4) is 11.1 Å². The SMILES string of the molecule is Cc1ccc(-c2ccn3nc(N)nc3c2)c(F)c1C(=O)NCCC(C)(C)c1ccccc1. The standard InChI is InChI=1S/C25H26FN5O/c1-16-9-10-19(17-11-14-31-20(15-17)29-24(27)30-31)22(26)21(16)23(32)28-13-12-25(2,3)18-7-5-4-6-8-18/h4-11,14-15H,12-13H2,1-3H3,(H2,27,30)(H,28,32). The topological polar surface area (TPSA) is 85.3 Å². The summed E-state index contributed by atoms with van der Waals surface area (Å²) in [6, 6.07) is 17.0. The van der Waals surface area contributed by atoms with E-state index in [-0.39, 0.29) is 16.9 Å². The van der Waals surface area contributed by atoms with Crippen molar-refractivity contribution in [2.24, 2.45) is 0 Å². The Labute approximate surface area is 186 Å². The molecular weight excluding hydrogens is 405 g/mol. The number of hydrogen-bond acceptors (Lipinski definition) is 4. The molecule has 0 spiro atoms. The first kappa shape index (κ1) is 21.5. The van der Waals surface area contributed by atoms with Gasteiger partial charge in [0.05, 0.1) is 5.56 Å². The maximum atomic E-state index is 15.5. The Balaban J connectivity index is 1.54. The van der Waals surface area contributed by atoms with E-state index in [1.54, 1.807) is 37.4 Å². The van der Waals surface area contributed by atoms with E-state index in [9.17, 15) is 4.79 Å². The Morgan fingerprint density at radius 1 is 1.16 bits per heavy atom. The van der Waals surface area contributed by atoms with Crippen LogP contribution in [-0.2, 0) is 5.41 Å². The Bertz CT molecular complexity index is 1280. The quantitative estimate of drug-likeness (QED) is 0.470. The van der Waals surface area contributed by atoms with Crippen molar-refractivity contribution in [1.82, 2.24) is 19.9 Å². The van der Waals surface area contributed by atoms with Crippen LogP contribution >= 0.6 is 0 Å². The Kier molecular flexibility index (Phi) is 5.65. The van der Waals surface area contributed by atoms with Crippen molar-refractivity contribution in [3.05, 3.63) is 83.3 Å². The predicted molar refractivity (Wildman–Crippen MR) is 124 cm³/mol. The number of hydrogen-bond donors (Lipinski definition) is 2. The monoisotopic (exact) mass is 431 g/mol. The highest BCUT2D eigenvalue weighted by atomic mass is 19.1. The molecule has 1 amide bonds. The zero-order valence-corrected chi connectivity index (χ0v) is 18.4. The van der Waals surface area contributed by atoms with Crippen LogP contribution in [0.2, 0.25) is 0 Å². The van der Waals surface area contributed by atoms with Gasteiger partial charge in [-0.15, -0.1) is 5.10 Å². The highest BCUT2D eigenvalue weighted by Crippen LogP contribution is 2.29. The summed E-state index contributed by atoms with van der Waals surface area (Å²) in [7, 11) is 0. The molecule has 4 aromatic rings. The summed E-state index contributed by atoms with van der Waals surface area (Å²) in [5.41, 5.74) is 8.80. The Hall–Kier alpha value is -3.74. The summed E-state index contributed by atoms with van der Waals surface area (Å²) in [6.45, 7) is 6.44. The highest BCUT2D eigenvalue weighted by Gasteiger charge is 2.22. The van der Waals surface area contributed by atoms with E-state index < -0.39 is 11.7 Å². The van der Waals surface area contributed by atoms with Gasteiger partial charge in [0, 0.05) is 18.3 Å². The minimum absolute atomic E-state index is 0.0564. The van der Waals surface area contributed by atoms with Crippen molar-refractivity contribution < 1.29 is 9.18 Å². The minimum atomic E-state index is -0.554. The molecule has 0 saturated heterocycles. The Morgan fingerprint density at radius 2 is 1.91 bits per heavy atom. The second kappa shape index (κ2) is 8.42. The van der Waals surface area contributed by atoms with E-state index in [1.807, 2.05) is 18.2 Å². The van der Waals surface area contributed by atoms with Crippen LogP contribution in [0.1, 0.15) is 41.8 Å². The number of anilines is 1. The molecule has 0 aliphatic rings. The number of nitrogen functional groups attached to an aromatic ring is 1. The average molecular weight is 432 g/mol. The van der Waals surface area contributed by atoms with Crippen LogP contribution in [0.5, 0.6) is 0 Å². The lowest BCUT2D eigenvalue weighted by molar-refractivity contribution is 0.0946. The number of amides is 1. The summed E-state index contributed by atoms with van der Waals surface area (Å²) in [5.74, 6) is -0.829. The molecule has 0 aliphatic heterocycles. The number of pyridine rings is 1. The average Bonchev–Trinajstić information content (AvgIpc) is 3.13. The molecule has 4 rings (SSSR count). The number of carbonyl (C=O) groups is 1. The zero-order valence-electron chi connectivity index (χ0n) is 18.4. The normalized spacial score (nSPS) is 11.6. The third-order valence-electron chi connectivity index (χ3n) is 5.83. The molecule has 2 aromatic carbocycles. The highest BCUT2D eigenvalue weighted by molar-refractivity contribution is 5.97. The van der Waals surface area contributed by atoms with E-state index in [0.717, 1.165) is 6.42 Å². The second-order valence-corrected chi connectivity index (χ2v) is 8.56. The maximum absolute atomic E-state index is 15.5. The molecule has 2 aromatic heterocycles. The van der Waals surface area contributed by atoms with Gasteiger partial charge in [0.1, 0.15) is 5.82 Å². The molecule has 0 fully saturated rings. The van der Waals surface area contributed by atoms with E-state index in [4.69, 9.17) is 5.73 Å². The van der Waals surface area contributed by atoms with Crippen LogP contribution in [0.4, 0.5) is 10.3 Å². The van der Waals surface area contributed by atoms with E-state index in [1.165, 1.54) is 10.1 Å². The van der Waals surface area contributed by atoms with Crippen molar-refractivity contribution in [2.45, 2.75) is 32.6 Å². The zero-order chi connectivity index (χ0) is 22.9. The number of fused-ring (bicyclic) bond motifs is 1. The van der Waals surface area contributed by atoms with Gasteiger partial charge in [0.2, 0.25) is 5.95 Å². The maximum Gasteiger partial charge on any atom is 0.254 e. The molecule has 6 nitrogen and oxygen atoms in total. The molecule has 3 N–H and O–H groups in total. The van der Waals surface area contributed by atoms with Crippen LogP contribution in [-0.4, -0.2) is 27.0 Å². The molecule has 0 bridgehead atoms. The van der Waals surface area contributed by atoms with Gasteiger partial charge in [-0.2, -0.15) is 4.98 Å². The summed E-state index contributed by atoms with van der Waals surface area (Å²) in [4.78, 5) is 17.0. The number of halogens is 1. The first-order chi connectivity index (χ1) is 15.3. The van der Waals surface area contributed by atoms with Crippen LogP contribution in [0, 0.1) is 12.7 Å². The molecule has 32 heavy (non-hydrogen) atoms. The van der Waals surface area contributed by atoms with E-state index in [2.05, 4.69) is 41.4 Å². The van der Waals surface area contributed by atoms with Crippen molar-refractivity contribution in [1.29, 1.82) is 0 Å². The lowest BCUT2D eigenvalue weighted by Gasteiger charge is -2.25. The fourth-order valence-corrected chi connectivity index (χ4v) is 3.85. The fraction of sp³-hybridized carbons (Fsp3) is 0.240. The van der Waals surface area contributed by atoms with Crippen molar-refractivity contribution in [3.63, 3.8) is 0 Å². The third-order valence-corrected chi connectivity index (χ3v) is 5.83. The smallest absolute Gasteiger partial charge is 0.254 e.